The van der Waals surface area contributed by atoms with Gasteiger partial charge in [-0.05, 0) is 50.2 Å². The maximum absolute atomic E-state index is 12.7. The summed E-state index contributed by atoms with van der Waals surface area (Å²) < 4.78 is 11.0. The molecule has 150 valence electrons. The number of furan rings is 2. The highest BCUT2D eigenvalue weighted by molar-refractivity contribution is 5.89. The number of carbonyl (C=O) groups excluding carboxylic acids is 2. The number of amides is 2. The smallest absolute Gasteiger partial charge is 0.225 e. The summed E-state index contributed by atoms with van der Waals surface area (Å²) in [5, 5.41) is 3.07. The van der Waals surface area contributed by atoms with Gasteiger partial charge in [-0.25, -0.2) is 0 Å². The van der Waals surface area contributed by atoms with Crippen LogP contribution in [-0.2, 0) is 16.1 Å². The van der Waals surface area contributed by atoms with Crippen LogP contribution in [0.15, 0.2) is 45.6 Å². The van der Waals surface area contributed by atoms with E-state index in [2.05, 4.69) is 10.2 Å². The Kier molecular flexibility index (Phi) is 5.81. The number of carbonyl (C=O) groups is 2. The SMILES string of the molecule is O=C(NCC(c1ccco1)N1CCCCC1)C1CC(=O)N(Cc2ccco2)C1. The molecule has 0 aromatic carbocycles. The van der Waals surface area contributed by atoms with E-state index in [9.17, 15) is 9.59 Å². The first-order valence-electron chi connectivity index (χ1n) is 10.1. The van der Waals surface area contributed by atoms with E-state index in [4.69, 9.17) is 8.83 Å². The van der Waals surface area contributed by atoms with Crippen molar-refractivity contribution in [3.05, 3.63) is 48.3 Å². The van der Waals surface area contributed by atoms with Crippen molar-refractivity contribution >= 4 is 11.8 Å². The summed E-state index contributed by atoms with van der Waals surface area (Å²) in [7, 11) is 0. The molecule has 2 aromatic heterocycles. The van der Waals surface area contributed by atoms with Crippen molar-refractivity contribution in [2.45, 2.75) is 38.3 Å². The number of rotatable bonds is 7. The molecule has 2 fully saturated rings. The molecule has 2 atom stereocenters. The molecule has 2 aliphatic heterocycles. The summed E-state index contributed by atoms with van der Waals surface area (Å²) in [6, 6.07) is 7.53. The first-order chi connectivity index (χ1) is 13.7. The van der Waals surface area contributed by atoms with Crippen LogP contribution in [0.3, 0.4) is 0 Å². The van der Waals surface area contributed by atoms with E-state index >= 15 is 0 Å². The van der Waals surface area contributed by atoms with Crippen LogP contribution in [0.2, 0.25) is 0 Å². The highest BCUT2D eigenvalue weighted by atomic mass is 16.3. The predicted octanol–water partition coefficient (Wildman–Crippen LogP) is 2.56. The molecule has 4 rings (SSSR count). The van der Waals surface area contributed by atoms with Gasteiger partial charge in [0.05, 0.1) is 31.0 Å². The van der Waals surface area contributed by atoms with Gasteiger partial charge in [0.2, 0.25) is 11.8 Å². The lowest BCUT2D eigenvalue weighted by atomic mass is 10.1. The summed E-state index contributed by atoms with van der Waals surface area (Å²) >= 11 is 0. The Balaban J connectivity index is 1.34. The first-order valence-corrected chi connectivity index (χ1v) is 10.1. The maximum Gasteiger partial charge on any atom is 0.225 e. The molecule has 2 aromatic rings. The van der Waals surface area contributed by atoms with Gasteiger partial charge in [-0.2, -0.15) is 0 Å². The zero-order chi connectivity index (χ0) is 19.3. The van der Waals surface area contributed by atoms with Crippen LogP contribution in [0.5, 0.6) is 0 Å². The highest BCUT2D eigenvalue weighted by Gasteiger charge is 2.35. The molecule has 0 radical (unpaired) electrons. The zero-order valence-corrected chi connectivity index (χ0v) is 16.0. The number of nitrogens with zero attached hydrogens (tertiary/aromatic N) is 2. The minimum absolute atomic E-state index is 0.00448. The molecule has 0 bridgehead atoms. The lowest BCUT2D eigenvalue weighted by Crippen LogP contribution is -2.42. The Hall–Kier alpha value is -2.54. The van der Waals surface area contributed by atoms with Gasteiger partial charge in [-0.3, -0.25) is 14.5 Å². The van der Waals surface area contributed by atoms with E-state index in [0.29, 0.717) is 19.6 Å². The van der Waals surface area contributed by atoms with E-state index in [1.807, 2.05) is 18.2 Å². The molecule has 7 nitrogen and oxygen atoms in total. The van der Waals surface area contributed by atoms with Crippen molar-refractivity contribution in [2.24, 2.45) is 5.92 Å². The third kappa shape index (κ3) is 4.30. The molecule has 1 N–H and O–H groups in total. The zero-order valence-electron chi connectivity index (χ0n) is 16.0. The summed E-state index contributed by atoms with van der Waals surface area (Å²) in [6.45, 7) is 3.37. The Labute approximate surface area is 164 Å². The average molecular weight is 385 g/mol. The van der Waals surface area contributed by atoms with Crippen LogP contribution >= 0.6 is 0 Å². The fourth-order valence-corrected chi connectivity index (χ4v) is 4.15. The van der Waals surface area contributed by atoms with Gasteiger partial charge in [0.25, 0.3) is 0 Å². The molecule has 0 saturated carbocycles. The number of piperidine rings is 1. The van der Waals surface area contributed by atoms with Crippen LogP contribution in [0.1, 0.15) is 43.2 Å². The quantitative estimate of drug-likeness (QED) is 0.792. The molecule has 2 unspecified atom stereocenters. The number of nitrogens with one attached hydrogen (secondary N) is 1. The topological polar surface area (TPSA) is 78.9 Å². The summed E-state index contributed by atoms with van der Waals surface area (Å²) in [5.74, 6) is 1.22. The van der Waals surface area contributed by atoms with Gasteiger partial charge >= 0.3 is 0 Å². The molecule has 7 heteroatoms. The highest BCUT2D eigenvalue weighted by Crippen LogP contribution is 2.25. The van der Waals surface area contributed by atoms with Gasteiger partial charge in [-0.15, -0.1) is 0 Å². The predicted molar refractivity (Wildman–Crippen MR) is 102 cm³/mol. The van der Waals surface area contributed by atoms with Gasteiger partial charge in [-0.1, -0.05) is 6.42 Å². The minimum atomic E-state index is -0.318. The number of likely N-dealkylation sites (tertiary alicyclic amines) is 2. The lowest BCUT2D eigenvalue weighted by molar-refractivity contribution is -0.129. The van der Waals surface area contributed by atoms with E-state index < -0.39 is 0 Å². The molecule has 0 spiro atoms. The first kappa shape index (κ1) is 18.8. The van der Waals surface area contributed by atoms with E-state index in [1.54, 1.807) is 23.5 Å². The average Bonchev–Trinajstić information content (AvgIpc) is 3.47. The third-order valence-electron chi connectivity index (χ3n) is 5.68. The van der Waals surface area contributed by atoms with Gasteiger partial charge < -0.3 is 19.1 Å². The van der Waals surface area contributed by atoms with Crippen molar-refractivity contribution < 1.29 is 18.4 Å². The lowest BCUT2D eigenvalue weighted by Gasteiger charge is -2.33. The van der Waals surface area contributed by atoms with Crippen LogP contribution < -0.4 is 5.32 Å². The molecule has 4 heterocycles. The fourth-order valence-electron chi connectivity index (χ4n) is 4.15. The van der Waals surface area contributed by atoms with E-state index in [-0.39, 0.29) is 30.2 Å². The molecule has 0 aliphatic carbocycles. The second-order valence-electron chi connectivity index (χ2n) is 7.63. The Morgan fingerprint density at radius 3 is 2.64 bits per heavy atom. The molecule has 28 heavy (non-hydrogen) atoms. The molecular formula is C21H27N3O4. The van der Waals surface area contributed by atoms with E-state index in [1.165, 1.54) is 19.3 Å². The maximum atomic E-state index is 12.7. The Bertz CT molecular complexity index is 766. The Morgan fingerprint density at radius 1 is 1.14 bits per heavy atom. The second kappa shape index (κ2) is 8.65. The molecule has 2 amide bonds. The summed E-state index contributed by atoms with van der Waals surface area (Å²) in [5.41, 5.74) is 0. The van der Waals surface area contributed by atoms with Gasteiger partial charge in [0.15, 0.2) is 0 Å². The van der Waals surface area contributed by atoms with Crippen LogP contribution in [0, 0.1) is 5.92 Å². The van der Waals surface area contributed by atoms with Crippen molar-refractivity contribution in [1.82, 2.24) is 15.1 Å². The van der Waals surface area contributed by atoms with Gasteiger partial charge in [0, 0.05) is 19.5 Å². The van der Waals surface area contributed by atoms with Crippen molar-refractivity contribution in [3.63, 3.8) is 0 Å². The summed E-state index contributed by atoms with van der Waals surface area (Å²) in [6.07, 6.45) is 7.12. The van der Waals surface area contributed by atoms with Crippen molar-refractivity contribution in [2.75, 3.05) is 26.2 Å². The minimum Gasteiger partial charge on any atom is -0.468 e. The molecule has 2 aliphatic rings. The van der Waals surface area contributed by atoms with Crippen LogP contribution in [0.25, 0.3) is 0 Å². The second-order valence-corrected chi connectivity index (χ2v) is 7.63. The van der Waals surface area contributed by atoms with E-state index in [0.717, 1.165) is 24.6 Å². The Morgan fingerprint density at radius 2 is 1.93 bits per heavy atom. The summed E-state index contributed by atoms with van der Waals surface area (Å²) in [4.78, 5) is 29.1. The third-order valence-corrected chi connectivity index (χ3v) is 5.68. The monoisotopic (exact) mass is 385 g/mol. The number of hydrogen-bond donors (Lipinski definition) is 1. The fraction of sp³-hybridized carbons (Fsp3) is 0.524. The molecular weight excluding hydrogens is 358 g/mol. The van der Waals surface area contributed by atoms with Crippen LogP contribution in [0.4, 0.5) is 0 Å². The van der Waals surface area contributed by atoms with Crippen molar-refractivity contribution in [3.8, 4) is 0 Å². The van der Waals surface area contributed by atoms with Gasteiger partial charge in [0.1, 0.15) is 11.5 Å². The largest absolute Gasteiger partial charge is 0.468 e. The van der Waals surface area contributed by atoms with Crippen LogP contribution in [-0.4, -0.2) is 47.8 Å². The number of hydrogen-bond acceptors (Lipinski definition) is 5. The normalized spacial score (nSPS) is 21.8. The standard InChI is InChI=1S/C21H27N3O4/c25-20-12-16(14-24(20)15-17-6-4-10-27-17)21(26)22-13-18(19-7-5-11-28-19)23-8-2-1-3-9-23/h4-7,10-11,16,18H,1-3,8-9,12-15H2,(H,22,26). The molecule has 2 saturated heterocycles. The van der Waals surface area contributed by atoms with Crippen molar-refractivity contribution in [1.29, 1.82) is 0 Å².